The van der Waals surface area contributed by atoms with Crippen molar-refractivity contribution in [2.24, 2.45) is 0 Å². The van der Waals surface area contributed by atoms with Crippen LogP contribution in [0.1, 0.15) is 32.7 Å². The van der Waals surface area contributed by atoms with E-state index in [2.05, 4.69) is 0 Å². The van der Waals surface area contributed by atoms with Crippen LogP contribution < -0.4 is 0 Å². The lowest BCUT2D eigenvalue weighted by Gasteiger charge is -2.15. The molecule has 0 fully saturated rings. The van der Waals surface area contributed by atoms with E-state index in [9.17, 15) is 31.5 Å². The Morgan fingerprint density at radius 3 is 2.29 bits per heavy atom. The van der Waals surface area contributed by atoms with Gasteiger partial charge < -0.3 is 5.11 Å². The lowest BCUT2D eigenvalue weighted by molar-refractivity contribution is -0.137. The number of carboxylic acid groups (broad SMARTS) is 1. The summed E-state index contributed by atoms with van der Waals surface area (Å²) in [5.74, 6) is -1.31. The zero-order valence-corrected chi connectivity index (χ0v) is 20.2. The minimum Gasteiger partial charge on any atom is -0.478 e. The molecule has 35 heavy (non-hydrogen) atoms. The van der Waals surface area contributed by atoms with Gasteiger partial charge >= 0.3 is 12.1 Å². The Kier molecular flexibility index (Phi) is 6.37. The summed E-state index contributed by atoms with van der Waals surface area (Å²) >= 11 is 12.6. The second-order valence-electron chi connectivity index (χ2n) is 7.81. The fourth-order valence-electron chi connectivity index (χ4n) is 3.89. The normalized spacial score (nSPS) is 12.3. The molecule has 0 atom stereocenters. The van der Waals surface area contributed by atoms with Crippen LogP contribution in [0.2, 0.25) is 10.0 Å². The third kappa shape index (κ3) is 4.51. The van der Waals surface area contributed by atoms with Crippen molar-refractivity contribution in [1.82, 2.24) is 3.97 Å². The molecule has 4 rings (SSSR count). The van der Waals surface area contributed by atoms with Crippen molar-refractivity contribution >= 4 is 50.1 Å². The van der Waals surface area contributed by atoms with Crippen molar-refractivity contribution in [1.29, 1.82) is 0 Å². The van der Waals surface area contributed by atoms with E-state index in [0.717, 1.165) is 16.1 Å². The molecule has 11 heteroatoms. The number of nitrogens with zero attached hydrogens (tertiary/aromatic N) is 1. The van der Waals surface area contributed by atoms with Crippen molar-refractivity contribution in [2.45, 2.75) is 24.4 Å². The number of aromatic nitrogens is 1. The number of aromatic carboxylic acids is 1. The summed E-state index contributed by atoms with van der Waals surface area (Å²) in [6.45, 7) is 1.45. The SMILES string of the molecule is Cc1cc(C(F)(F)F)cc2c1cc(Cc1c(Cl)ccc(C(=O)O)c1Cl)n2S(=O)(=O)c1ccccc1. The summed E-state index contributed by atoms with van der Waals surface area (Å²) in [7, 11) is -4.36. The van der Waals surface area contributed by atoms with Crippen molar-refractivity contribution in [2.75, 3.05) is 0 Å². The molecule has 0 aliphatic heterocycles. The molecular weight excluding hydrogens is 526 g/mol. The van der Waals surface area contributed by atoms with Gasteiger partial charge in [-0.1, -0.05) is 41.4 Å². The molecular formula is C24H16Cl2F3NO4S. The van der Waals surface area contributed by atoms with Gasteiger partial charge in [0.1, 0.15) is 0 Å². The van der Waals surface area contributed by atoms with Crippen LogP contribution in [0, 0.1) is 6.92 Å². The third-order valence-electron chi connectivity index (χ3n) is 5.54. The van der Waals surface area contributed by atoms with E-state index >= 15 is 0 Å². The molecule has 1 heterocycles. The summed E-state index contributed by atoms with van der Waals surface area (Å²) in [5.41, 5.74) is -0.991. The van der Waals surface area contributed by atoms with Gasteiger partial charge in [-0.25, -0.2) is 17.2 Å². The van der Waals surface area contributed by atoms with E-state index in [0.29, 0.717) is 0 Å². The fraction of sp³-hybridized carbons (Fsp3) is 0.125. The number of carbonyl (C=O) groups is 1. The predicted octanol–water partition coefficient (Wildman–Crippen LogP) is 6.80. The number of halogens is 5. The summed E-state index contributed by atoms with van der Waals surface area (Å²) < 4.78 is 68.9. The molecule has 182 valence electrons. The Bertz CT molecular complexity index is 1580. The number of aryl methyl sites for hydroxylation is 1. The summed E-state index contributed by atoms with van der Waals surface area (Å²) in [5, 5.41) is 9.58. The van der Waals surface area contributed by atoms with Crippen LogP contribution in [0.15, 0.2) is 65.6 Å². The molecule has 5 nitrogen and oxygen atoms in total. The van der Waals surface area contributed by atoms with Crippen LogP contribution >= 0.6 is 23.2 Å². The highest BCUT2D eigenvalue weighted by molar-refractivity contribution is 7.90. The van der Waals surface area contributed by atoms with Crippen LogP contribution in [0.4, 0.5) is 13.2 Å². The van der Waals surface area contributed by atoms with E-state index in [4.69, 9.17) is 23.2 Å². The van der Waals surface area contributed by atoms with Gasteiger partial charge in [0.15, 0.2) is 0 Å². The van der Waals surface area contributed by atoms with E-state index in [1.54, 1.807) is 6.07 Å². The molecule has 0 aliphatic rings. The second kappa shape index (κ2) is 8.89. The molecule has 0 aliphatic carbocycles. The number of rotatable bonds is 5. The topological polar surface area (TPSA) is 76.4 Å². The van der Waals surface area contributed by atoms with Crippen LogP contribution in [0.5, 0.6) is 0 Å². The quantitative estimate of drug-likeness (QED) is 0.301. The third-order valence-corrected chi connectivity index (χ3v) is 8.10. The average Bonchev–Trinajstić information content (AvgIpc) is 3.16. The Morgan fingerprint density at radius 1 is 1.03 bits per heavy atom. The highest BCUT2D eigenvalue weighted by Crippen LogP contribution is 2.38. The van der Waals surface area contributed by atoms with Crippen molar-refractivity contribution in [3.63, 3.8) is 0 Å². The molecule has 1 aromatic heterocycles. The molecule has 0 saturated heterocycles. The Hall–Kier alpha value is -3.01. The second-order valence-corrected chi connectivity index (χ2v) is 10.4. The fourth-order valence-corrected chi connectivity index (χ4v) is 6.02. The summed E-state index contributed by atoms with van der Waals surface area (Å²) in [4.78, 5) is 11.4. The number of carboxylic acids is 1. The maximum absolute atomic E-state index is 13.7. The highest BCUT2D eigenvalue weighted by atomic mass is 35.5. The number of hydrogen-bond acceptors (Lipinski definition) is 3. The van der Waals surface area contributed by atoms with Gasteiger partial charge in [-0.05, 0) is 60.5 Å². The standard InChI is InChI=1S/C24H16Cl2F3NO4S/c1-13-9-14(24(27,28)29)10-21-18(13)11-15(30(21)35(33,34)16-5-3-2-4-6-16)12-19-20(25)8-7-17(22(19)26)23(31)32/h2-11H,12H2,1H3,(H,31,32). The van der Waals surface area contributed by atoms with E-state index in [1.165, 1.54) is 49.4 Å². The van der Waals surface area contributed by atoms with E-state index in [-0.39, 0.29) is 54.6 Å². The maximum Gasteiger partial charge on any atom is 0.416 e. The number of hydrogen-bond donors (Lipinski definition) is 1. The Balaban J connectivity index is 2.06. The minimum absolute atomic E-state index is 0.0672. The van der Waals surface area contributed by atoms with E-state index in [1.807, 2.05) is 0 Å². The van der Waals surface area contributed by atoms with Crippen LogP contribution in [-0.4, -0.2) is 23.5 Å². The van der Waals surface area contributed by atoms with Gasteiger partial charge in [-0.15, -0.1) is 0 Å². The lowest BCUT2D eigenvalue weighted by Crippen LogP contribution is -2.17. The molecule has 0 amide bonds. The summed E-state index contributed by atoms with van der Waals surface area (Å²) in [6.07, 6.45) is -4.95. The van der Waals surface area contributed by atoms with Crippen molar-refractivity contribution < 1.29 is 31.5 Å². The first-order chi connectivity index (χ1) is 16.3. The molecule has 0 bridgehead atoms. The number of fused-ring (bicyclic) bond motifs is 1. The monoisotopic (exact) mass is 541 g/mol. The molecule has 1 N–H and O–H groups in total. The first-order valence-corrected chi connectivity index (χ1v) is 12.2. The van der Waals surface area contributed by atoms with Crippen molar-refractivity contribution in [3.05, 3.63) is 98.7 Å². The van der Waals surface area contributed by atoms with Gasteiger partial charge in [-0.3, -0.25) is 0 Å². The van der Waals surface area contributed by atoms with E-state index < -0.39 is 27.7 Å². The zero-order chi connectivity index (χ0) is 25.7. The van der Waals surface area contributed by atoms with Gasteiger partial charge in [0.25, 0.3) is 10.0 Å². The lowest BCUT2D eigenvalue weighted by atomic mass is 10.0. The molecule has 0 saturated carbocycles. The Labute approximate surface area is 208 Å². The van der Waals surface area contributed by atoms with Crippen LogP contribution in [0.3, 0.4) is 0 Å². The minimum atomic E-state index is -4.70. The molecule has 4 aromatic rings. The van der Waals surface area contributed by atoms with Crippen LogP contribution in [-0.2, 0) is 22.6 Å². The van der Waals surface area contributed by atoms with Gasteiger partial charge in [0.05, 0.1) is 26.6 Å². The number of benzene rings is 3. The van der Waals surface area contributed by atoms with Crippen molar-refractivity contribution in [3.8, 4) is 0 Å². The largest absolute Gasteiger partial charge is 0.478 e. The molecule has 0 unspecified atom stereocenters. The summed E-state index contributed by atoms with van der Waals surface area (Å²) in [6, 6.07) is 13.0. The smallest absolute Gasteiger partial charge is 0.416 e. The molecule has 3 aromatic carbocycles. The van der Waals surface area contributed by atoms with Crippen LogP contribution in [0.25, 0.3) is 10.9 Å². The highest BCUT2D eigenvalue weighted by Gasteiger charge is 2.33. The number of alkyl halides is 3. The first kappa shape index (κ1) is 25.1. The first-order valence-electron chi connectivity index (χ1n) is 10.1. The predicted molar refractivity (Wildman–Crippen MR) is 127 cm³/mol. The molecule has 0 spiro atoms. The maximum atomic E-state index is 13.7. The average molecular weight is 542 g/mol. The van der Waals surface area contributed by atoms with Gasteiger partial charge in [0.2, 0.25) is 0 Å². The van der Waals surface area contributed by atoms with Gasteiger partial charge in [-0.2, -0.15) is 13.2 Å². The van der Waals surface area contributed by atoms with Gasteiger partial charge in [0, 0.05) is 22.5 Å². The zero-order valence-electron chi connectivity index (χ0n) is 17.9. The molecule has 0 radical (unpaired) electrons. The Morgan fingerprint density at radius 2 is 1.69 bits per heavy atom.